The first kappa shape index (κ1) is 7.89. The third kappa shape index (κ3) is 2.48. The van der Waals surface area contributed by atoms with E-state index in [0.717, 1.165) is 6.07 Å². The lowest BCUT2D eigenvalue weighted by Gasteiger charge is -1.94. The van der Waals surface area contributed by atoms with Crippen molar-refractivity contribution in [3.05, 3.63) is 12.1 Å². The number of hydrogen-bond donors (Lipinski definition) is 3. The molecule has 0 spiro atoms. The Balaban J connectivity index is 2.81. The fourth-order valence-electron chi connectivity index (χ4n) is 0.526. The van der Waals surface area contributed by atoms with Crippen LogP contribution < -0.4 is 4.18 Å². The summed E-state index contributed by atoms with van der Waals surface area (Å²) in [6.07, 6.45) is 0. The topological polar surface area (TPSA) is 99.6 Å². The van der Waals surface area contributed by atoms with Crippen LogP contribution in [-0.2, 0) is 10.4 Å². The van der Waals surface area contributed by atoms with E-state index in [2.05, 4.69) is 9.17 Å². The SMILES string of the molecule is O=S(=O)(O)Oc1ccc(O)[nH]1. The number of aromatic hydroxyl groups is 1. The van der Waals surface area contributed by atoms with Crippen molar-refractivity contribution >= 4 is 10.4 Å². The Labute approximate surface area is 62.4 Å². The summed E-state index contributed by atoms with van der Waals surface area (Å²) in [4.78, 5) is 2.13. The first-order valence-corrected chi connectivity index (χ1v) is 3.89. The molecule has 0 amide bonds. The average Bonchev–Trinajstić information content (AvgIpc) is 2.10. The molecule has 0 aliphatic heterocycles. The Hall–Kier alpha value is -1.21. The van der Waals surface area contributed by atoms with Crippen LogP contribution in [0.4, 0.5) is 0 Å². The van der Waals surface area contributed by atoms with Crippen molar-refractivity contribution in [2.24, 2.45) is 0 Å². The number of H-pyrrole nitrogens is 1. The fourth-order valence-corrected chi connectivity index (χ4v) is 0.850. The van der Waals surface area contributed by atoms with Crippen LogP contribution in [0.2, 0.25) is 0 Å². The average molecular weight is 179 g/mol. The number of aromatic amines is 1. The van der Waals surface area contributed by atoms with E-state index in [0.29, 0.717) is 0 Å². The summed E-state index contributed by atoms with van der Waals surface area (Å²) in [5.74, 6) is -0.492. The number of aromatic nitrogens is 1. The number of hydrogen-bond acceptors (Lipinski definition) is 4. The standard InChI is InChI=1S/C4H5NO5S/c6-3-1-2-4(5-3)10-11(7,8)9/h1-2,5-6H,(H,7,8,9). The van der Waals surface area contributed by atoms with Gasteiger partial charge in [0.2, 0.25) is 5.88 Å². The van der Waals surface area contributed by atoms with Gasteiger partial charge in [0.05, 0.1) is 0 Å². The summed E-state index contributed by atoms with van der Waals surface area (Å²) in [6, 6.07) is 2.34. The predicted molar refractivity (Wildman–Crippen MR) is 34.6 cm³/mol. The molecule has 0 atom stereocenters. The molecule has 1 aromatic heterocycles. The van der Waals surface area contributed by atoms with Crippen molar-refractivity contribution in [1.29, 1.82) is 0 Å². The lowest BCUT2D eigenvalue weighted by molar-refractivity contribution is 0.379. The highest BCUT2D eigenvalue weighted by atomic mass is 32.3. The van der Waals surface area contributed by atoms with Gasteiger partial charge in [0.15, 0.2) is 5.88 Å². The summed E-state index contributed by atoms with van der Waals surface area (Å²) in [6.45, 7) is 0. The second-order valence-corrected chi connectivity index (χ2v) is 2.74. The Morgan fingerprint density at radius 2 is 2.09 bits per heavy atom. The van der Waals surface area contributed by atoms with Crippen molar-refractivity contribution < 1.29 is 22.3 Å². The molecule has 0 bridgehead atoms. The van der Waals surface area contributed by atoms with E-state index in [1.807, 2.05) is 0 Å². The summed E-state index contributed by atoms with van der Waals surface area (Å²) >= 11 is 0. The molecule has 11 heavy (non-hydrogen) atoms. The van der Waals surface area contributed by atoms with Gasteiger partial charge in [-0.15, -0.1) is 0 Å². The van der Waals surface area contributed by atoms with Crippen molar-refractivity contribution in [3.63, 3.8) is 0 Å². The Morgan fingerprint density at radius 1 is 1.45 bits per heavy atom. The molecule has 0 aliphatic rings. The van der Waals surface area contributed by atoms with Gasteiger partial charge < -0.3 is 9.29 Å². The van der Waals surface area contributed by atoms with Crippen LogP contribution in [0.25, 0.3) is 0 Å². The Bertz CT molecular complexity index is 339. The summed E-state index contributed by atoms with van der Waals surface area (Å²) in [5, 5.41) is 8.64. The van der Waals surface area contributed by atoms with Gasteiger partial charge in [0.1, 0.15) is 0 Å². The van der Waals surface area contributed by atoms with Crippen LogP contribution >= 0.6 is 0 Å². The minimum atomic E-state index is -4.51. The van der Waals surface area contributed by atoms with Crippen LogP contribution in [0.3, 0.4) is 0 Å². The molecule has 0 fully saturated rings. The van der Waals surface area contributed by atoms with Gasteiger partial charge in [0, 0.05) is 12.1 Å². The van der Waals surface area contributed by atoms with Gasteiger partial charge in [0.25, 0.3) is 0 Å². The lowest BCUT2D eigenvalue weighted by atomic mass is 10.6. The Morgan fingerprint density at radius 3 is 2.45 bits per heavy atom. The molecule has 0 saturated heterocycles. The zero-order valence-corrected chi connectivity index (χ0v) is 6.00. The molecule has 0 radical (unpaired) electrons. The highest BCUT2D eigenvalue weighted by Crippen LogP contribution is 2.15. The second kappa shape index (κ2) is 2.44. The van der Waals surface area contributed by atoms with Gasteiger partial charge in [-0.05, 0) is 0 Å². The van der Waals surface area contributed by atoms with Gasteiger partial charge in [-0.1, -0.05) is 0 Å². The summed E-state index contributed by atoms with van der Waals surface area (Å²) in [5.41, 5.74) is 0. The molecule has 1 aromatic rings. The molecule has 0 saturated carbocycles. The highest BCUT2D eigenvalue weighted by molar-refractivity contribution is 7.81. The minimum Gasteiger partial charge on any atom is -0.495 e. The van der Waals surface area contributed by atoms with Gasteiger partial charge in [-0.3, -0.25) is 9.54 Å². The summed E-state index contributed by atoms with van der Waals surface area (Å²) in [7, 11) is -4.51. The van der Waals surface area contributed by atoms with Crippen LogP contribution in [0.1, 0.15) is 0 Å². The molecular weight excluding hydrogens is 174 g/mol. The first-order chi connectivity index (χ1) is 4.97. The molecule has 0 aromatic carbocycles. The molecule has 0 aliphatic carbocycles. The zero-order valence-electron chi connectivity index (χ0n) is 5.18. The number of nitrogens with one attached hydrogen (secondary N) is 1. The molecule has 7 heteroatoms. The normalized spacial score (nSPS) is 11.4. The largest absolute Gasteiger partial charge is 0.495 e. The van der Waals surface area contributed by atoms with E-state index in [4.69, 9.17) is 9.66 Å². The van der Waals surface area contributed by atoms with E-state index < -0.39 is 10.4 Å². The minimum absolute atomic E-state index is 0.245. The third-order valence-corrected chi connectivity index (χ3v) is 1.23. The maximum absolute atomic E-state index is 10.0. The van der Waals surface area contributed by atoms with Crippen molar-refractivity contribution in [3.8, 4) is 11.8 Å². The van der Waals surface area contributed by atoms with Gasteiger partial charge in [-0.25, -0.2) is 0 Å². The molecule has 3 N–H and O–H groups in total. The van der Waals surface area contributed by atoms with Crippen LogP contribution in [0, 0.1) is 0 Å². The lowest BCUT2D eigenvalue weighted by Crippen LogP contribution is -2.06. The highest BCUT2D eigenvalue weighted by Gasteiger charge is 2.07. The van der Waals surface area contributed by atoms with Crippen LogP contribution in [-0.4, -0.2) is 23.1 Å². The summed E-state index contributed by atoms with van der Waals surface area (Å²) < 4.78 is 32.1. The third-order valence-electron chi connectivity index (χ3n) is 0.839. The molecule has 1 heterocycles. The quantitative estimate of drug-likeness (QED) is 0.550. The van der Waals surface area contributed by atoms with Crippen LogP contribution in [0.15, 0.2) is 12.1 Å². The van der Waals surface area contributed by atoms with E-state index in [9.17, 15) is 8.42 Å². The smallest absolute Gasteiger partial charge is 0.447 e. The molecule has 0 unspecified atom stereocenters. The Kier molecular flexibility index (Phi) is 1.75. The predicted octanol–water partition coefficient (Wildman–Crippen LogP) is -0.0981. The van der Waals surface area contributed by atoms with Crippen molar-refractivity contribution in [2.45, 2.75) is 0 Å². The number of rotatable bonds is 2. The fraction of sp³-hybridized carbons (Fsp3) is 0. The monoisotopic (exact) mass is 179 g/mol. The second-order valence-electron chi connectivity index (χ2n) is 1.72. The molecule has 1 rings (SSSR count). The van der Waals surface area contributed by atoms with Crippen LogP contribution in [0.5, 0.6) is 11.8 Å². The van der Waals surface area contributed by atoms with Gasteiger partial charge in [-0.2, -0.15) is 8.42 Å². The maximum Gasteiger partial charge on any atom is 0.447 e. The van der Waals surface area contributed by atoms with Crippen molar-refractivity contribution in [1.82, 2.24) is 4.98 Å². The zero-order chi connectivity index (χ0) is 8.48. The van der Waals surface area contributed by atoms with Gasteiger partial charge >= 0.3 is 10.4 Å². The van der Waals surface area contributed by atoms with E-state index in [-0.39, 0.29) is 11.8 Å². The molecule has 6 nitrogen and oxygen atoms in total. The van der Waals surface area contributed by atoms with Crippen molar-refractivity contribution in [2.75, 3.05) is 0 Å². The maximum atomic E-state index is 10.0. The molecular formula is C4H5NO5S. The van der Waals surface area contributed by atoms with E-state index >= 15 is 0 Å². The van der Waals surface area contributed by atoms with E-state index in [1.165, 1.54) is 6.07 Å². The first-order valence-electron chi connectivity index (χ1n) is 2.52. The van der Waals surface area contributed by atoms with E-state index in [1.54, 1.807) is 0 Å². The molecule has 62 valence electrons.